The molecule has 0 aliphatic rings. The maximum Gasteiger partial charge on any atom is 0.175 e. The molecule has 2 aromatic carbocycles. The maximum absolute atomic E-state index is 6.20. The number of rotatable bonds is 10. The number of ether oxygens (including phenoxy) is 2. The first-order valence-corrected chi connectivity index (χ1v) is 9.76. The van der Waals surface area contributed by atoms with Crippen molar-refractivity contribution in [2.75, 3.05) is 34.3 Å². The van der Waals surface area contributed by atoms with E-state index in [1.54, 1.807) is 7.11 Å². The molecule has 0 radical (unpaired) electrons. The van der Waals surface area contributed by atoms with Gasteiger partial charge in [-0.1, -0.05) is 29.8 Å². The van der Waals surface area contributed by atoms with Gasteiger partial charge in [0, 0.05) is 17.1 Å². The fourth-order valence-corrected chi connectivity index (χ4v) is 3.33. The Morgan fingerprint density at radius 2 is 1.86 bits per heavy atom. The second-order valence-corrected chi connectivity index (χ2v) is 7.58. The van der Waals surface area contributed by atoms with Crippen LogP contribution in [-0.2, 0) is 13.2 Å². The quantitative estimate of drug-likeness (QED) is 0.420. The van der Waals surface area contributed by atoms with Crippen molar-refractivity contribution in [3.63, 3.8) is 0 Å². The SMILES string of the molecule is COc1cc(CNCCCN(C)C)cc(Br)c1OCc1ccccc1Cl.Cl.Cl. The summed E-state index contributed by atoms with van der Waals surface area (Å²) in [6.45, 7) is 3.22. The van der Waals surface area contributed by atoms with E-state index in [1.807, 2.05) is 30.3 Å². The summed E-state index contributed by atoms with van der Waals surface area (Å²) >= 11 is 9.80. The van der Waals surface area contributed by atoms with Gasteiger partial charge in [0.05, 0.1) is 11.6 Å². The molecule has 2 rings (SSSR count). The molecule has 0 saturated carbocycles. The van der Waals surface area contributed by atoms with Gasteiger partial charge in [0.15, 0.2) is 11.5 Å². The molecule has 0 aliphatic heterocycles. The molecule has 0 amide bonds. The molecule has 4 nitrogen and oxygen atoms in total. The standard InChI is InChI=1S/C20H26BrClN2O2.2ClH/c1-24(2)10-6-9-23-13-15-11-17(21)20(19(12-15)25-3)26-14-16-7-4-5-8-18(16)22;;/h4-5,7-8,11-12,23H,6,9-10,13-14H2,1-3H3;2*1H. The number of halogens is 4. The lowest BCUT2D eigenvalue weighted by Gasteiger charge is -2.15. The molecule has 1 N–H and O–H groups in total. The highest BCUT2D eigenvalue weighted by atomic mass is 79.9. The number of nitrogens with zero attached hydrogens (tertiary/aromatic N) is 1. The molecule has 0 unspecified atom stereocenters. The molecule has 8 heteroatoms. The van der Waals surface area contributed by atoms with Crippen molar-refractivity contribution in [2.24, 2.45) is 0 Å². The summed E-state index contributed by atoms with van der Waals surface area (Å²) in [5.74, 6) is 1.39. The Bertz CT molecular complexity index is 718. The van der Waals surface area contributed by atoms with Gasteiger partial charge < -0.3 is 19.7 Å². The zero-order chi connectivity index (χ0) is 18.9. The number of hydrogen-bond acceptors (Lipinski definition) is 4. The van der Waals surface area contributed by atoms with Crippen molar-refractivity contribution < 1.29 is 9.47 Å². The highest BCUT2D eigenvalue weighted by Gasteiger charge is 2.12. The van der Waals surface area contributed by atoms with Crippen LogP contribution in [0.15, 0.2) is 40.9 Å². The van der Waals surface area contributed by atoms with E-state index in [-0.39, 0.29) is 24.8 Å². The average molecular weight is 515 g/mol. The second-order valence-electron chi connectivity index (χ2n) is 6.32. The lowest BCUT2D eigenvalue weighted by Crippen LogP contribution is -2.21. The summed E-state index contributed by atoms with van der Waals surface area (Å²) in [7, 11) is 5.82. The van der Waals surface area contributed by atoms with Crippen LogP contribution in [0.25, 0.3) is 0 Å². The number of nitrogens with one attached hydrogen (secondary N) is 1. The zero-order valence-corrected chi connectivity index (χ0v) is 20.3. The third-order valence-corrected chi connectivity index (χ3v) is 4.86. The normalized spacial score (nSPS) is 10.2. The lowest BCUT2D eigenvalue weighted by atomic mass is 10.2. The Morgan fingerprint density at radius 1 is 1.14 bits per heavy atom. The van der Waals surface area contributed by atoms with Crippen LogP contribution in [0.3, 0.4) is 0 Å². The molecular weight excluding hydrogens is 486 g/mol. The Labute approximate surface area is 193 Å². The van der Waals surface area contributed by atoms with E-state index in [9.17, 15) is 0 Å². The zero-order valence-electron chi connectivity index (χ0n) is 16.3. The highest BCUT2D eigenvalue weighted by molar-refractivity contribution is 9.10. The van der Waals surface area contributed by atoms with Crippen molar-refractivity contribution in [2.45, 2.75) is 19.6 Å². The van der Waals surface area contributed by atoms with Gasteiger partial charge in [-0.25, -0.2) is 0 Å². The second kappa shape index (κ2) is 14.3. The van der Waals surface area contributed by atoms with E-state index >= 15 is 0 Å². The molecule has 0 spiro atoms. The van der Waals surface area contributed by atoms with Gasteiger partial charge in [-0.15, -0.1) is 24.8 Å². The van der Waals surface area contributed by atoms with Crippen LogP contribution in [0.1, 0.15) is 17.5 Å². The third-order valence-electron chi connectivity index (χ3n) is 3.91. The maximum atomic E-state index is 6.20. The van der Waals surface area contributed by atoms with Crippen molar-refractivity contribution in [1.29, 1.82) is 0 Å². The smallest absolute Gasteiger partial charge is 0.175 e. The van der Waals surface area contributed by atoms with Crippen LogP contribution in [0.5, 0.6) is 11.5 Å². The van der Waals surface area contributed by atoms with E-state index in [0.29, 0.717) is 23.1 Å². The summed E-state index contributed by atoms with van der Waals surface area (Å²) in [5, 5.41) is 4.15. The largest absolute Gasteiger partial charge is 0.493 e. The van der Waals surface area contributed by atoms with Gasteiger partial charge in [-0.2, -0.15) is 0 Å². The Morgan fingerprint density at radius 3 is 2.50 bits per heavy atom. The molecule has 0 saturated heterocycles. The van der Waals surface area contributed by atoms with Crippen molar-refractivity contribution >= 4 is 52.3 Å². The monoisotopic (exact) mass is 512 g/mol. The summed E-state index contributed by atoms with van der Waals surface area (Å²) in [6, 6.07) is 11.7. The predicted molar refractivity (Wildman–Crippen MR) is 126 cm³/mol. The minimum absolute atomic E-state index is 0. The van der Waals surface area contributed by atoms with Crippen molar-refractivity contribution in [1.82, 2.24) is 10.2 Å². The van der Waals surface area contributed by atoms with E-state index in [1.165, 1.54) is 0 Å². The van der Waals surface area contributed by atoms with Gasteiger partial charge in [0.2, 0.25) is 0 Å². The minimum Gasteiger partial charge on any atom is -0.493 e. The van der Waals surface area contributed by atoms with Crippen LogP contribution in [-0.4, -0.2) is 39.2 Å². The Kier molecular flexibility index (Phi) is 14.0. The third kappa shape index (κ3) is 8.76. The van der Waals surface area contributed by atoms with E-state index in [2.05, 4.69) is 46.3 Å². The van der Waals surface area contributed by atoms with Crippen LogP contribution in [0, 0.1) is 0 Å². The minimum atomic E-state index is 0. The summed E-state index contributed by atoms with van der Waals surface area (Å²) in [4.78, 5) is 2.19. The van der Waals surface area contributed by atoms with Crippen LogP contribution >= 0.6 is 52.3 Å². The fraction of sp³-hybridized carbons (Fsp3) is 0.400. The summed E-state index contributed by atoms with van der Waals surface area (Å²) in [5.41, 5.74) is 2.08. The molecule has 0 atom stereocenters. The van der Waals surface area contributed by atoms with E-state index in [4.69, 9.17) is 21.1 Å². The molecule has 28 heavy (non-hydrogen) atoms. The lowest BCUT2D eigenvalue weighted by molar-refractivity contribution is 0.282. The highest BCUT2D eigenvalue weighted by Crippen LogP contribution is 2.37. The summed E-state index contributed by atoms with van der Waals surface area (Å²) < 4.78 is 12.4. The first kappa shape index (κ1) is 27.3. The number of benzene rings is 2. The van der Waals surface area contributed by atoms with Crippen LogP contribution in [0.4, 0.5) is 0 Å². The molecular formula is C20H28BrCl3N2O2. The van der Waals surface area contributed by atoms with Gasteiger partial charge in [0.1, 0.15) is 6.61 Å². The topological polar surface area (TPSA) is 33.7 Å². The van der Waals surface area contributed by atoms with E-state index < -0.39 is 0 Å². The van der Waals surface area contributed by atoms with Crippen LogP contribution in [0.2, 0.25) is 5.02 Å². The van der Waals surface area contributed by atoms with Gasteiger partial charge in [-0.3, -0.25) is 0 Å². The van der Waals surface area contributed by atoms with Gasteiger partial charge >= 0.3 is 0 Å². The van der Waals surface area contributed by atoms with Crippen LogP contribution < -0.4 is 14.8 Å². The van der Waals surface area contributed by atoms with Crippen molar-refractivity contribution in [3.8, 4) is 11.5 Å². The fourth-order valence-electron chi connectivity index (χ4n) is 2.53. The number of methoxy groups -OCH3 is 1. The first-order chi connectivity index (χ1) is 12.5. The molecule has 0 aromatic heterocycles. The Hall–Kier alpha value is -0.690. The molecule has 0 bridgehead atoms. The van der Waals surface area contributed by atoms with Gasteiger partial charge in [-0.05, 0) is 73.3 Å². The van der Waals surface area contributed by atoms with E-state index in [0.717, 1.165) is 41.7 Å². The molecule has 2 aromatic rings. The molecule has 158 valence electrons. The van der Waals surface area contributed by atoms with Gasteiger partial charge in [0.25, 0.3) is 0 Å². The van der Waals surface area contributed by atoms with Crippen molar-refractivity contribution in [3.05, 3.63) is 57.0 Å². The average Bonchev–Trinajstić information content (AvgIpc) is 2.61. The molecule has 0 heterocycles. The summed E-state index contributed by atoms with van der Waals surface area (Å²) in [6.07, 6.45) is 1.12. The number of hydrogen-bond donors (Lipinski definition) is 1. The Balaban J connectivity index is 0.00000364. The predicted octanol–water partition coefficient (Wildman–Crippen LogP) is 5.58. The molecule has 0 fully saturated rings. The first-order valence-electron chi connectivity index (χ1n) is 8.59. The molecule has 0 aliphatic carbocycles.